The minimum atomic E-state index is -1.15. The smallest absolute Gasteiger partial charge is 0.334 e. The molecule has 116 valence electrons. The van der Waals surface area contributed by atoms with Gasteiger partial charge in [0.1, 0.15) is 5.82 Å². The average molecular weight is 297 g/mol. The fourth-order valence-electron chi connectivity index (χ4n) is 1.85. The summed E-state index contributed by atoms with van der Waals surface area (Å²) in [6.45, 7) is 3.27. The molecule has 8 nitrogen and oxygen atoms in total. The number of nitrogens with one attached hydrogen (secondary N) is 2. The molecule has 0 radical (unpaired) electrons. The van der Waals surface area contributed by atoms with E-state index in [4.69, 9.17) is 9.84 Å². The van der Waals surface area contributed by atoms with Gasteiger partial charge in [-0.15, -0.1) is 0 Å². The summed E-state index contributed by atoms with van der Waals surface area (Å²) in [5, 5.41) is 11.2. The number of carboxylic acids is 1. The number of carbonyl (C=O) groups excluding carboxylic acids is 1. The highest BCUT2D eigenvalue weighted by atomic mass is 16.5. The molecular weight excluding hydrogens is 278 g/mol. The van der Waals surface area contributed by atoms with Gasteiger partial charge in [0.05, 0.1) is 6.54 Å². The normalized spacial score (nSPS) is 12.0. The Morgan fingerprint density at radius 1 is 1.43 bits per heavy atom. The maximum absolute atomic E-state index is 11.8. The molecule has 0 spiro atoms. The van der Waals surface area contributed by atoms with Gasteiger partial charge in [-0.2, -0.15) is 0 Å². The standard InChI is InChI=1S/C13H19N3O5/c1-7-9(12(18)16-8(2)15-7)4-5-11(17)14-6-10(21-3)13(19)20/h10H,4-6H2,1-3H3,(H,14,17)(H,19,20)(H,15,16,18). The number of amides is 1. The topological polar surface area (TPSA) is 121 Å². The van der Waals surface area contributed by atoms with Gasteiger partial charge in [-0.1, -0.05) is 0 Å². The second kappa shape index (κ2) is 7.53. The van der Waals surface area contributed by atoms with Crippen LogP contribution in [0.4, 0.5) is 0 Å². The quantitative estimate of drug-likeness (QED) is 0.626. The van der Waals surface area contributed by atoms with Crippen LogP contribution in [0.15, 0.2) is 4.79 Å². The largest absolute Gasteiger partial charge is 0.479 e. The number of H-pyrrole nitrogens is 1. The summed E-state index contributed by atoms with van der Waals surface area (Å²) < 4.78 is 4.70. The first-order chi connectivity index (χ1) is 9.85. The number of aliphatic carboxylic acids is 1. The lowest BCUT2D eigenvalue weighted by Crippen LogP contribution is -2.38. The Bertz CT molecular complexity index is 582. The van der Waals surface area contributed by atoms with Crippen molar-refractivity contribution in [3.05, 3.63) is 27.4 Å². The summed E-state index contributed by atoms with van der Waals surface area (Å²) >= 11 is 0. The molecule has 0 aromatic carbocycles. The molecule has 0 saturated heterocycles. The van der Waals surface area contributed by atoms with Crippen molar-refractivity contribution in [1.82, 2.24) is 15.3 Å². The maximum Gasteiger partial charge on any atom is 0.334 e. The van der Waals surface area contributed by atoms with Crippen LogP contribution in [0.5, 0.6) is 0 Å². The van der Waals surface area contributed by atoms with Crippen LogP contribution < -0.4 is 10.9 Å². The van der Waals surface area contributed by atoms with Gasteiger partial charge in [-0.05, 0) is 20.3 Å². The van der Waals surface area contributed by atoms with Gasteiger partial charge in [-0.25, -0.2) is 9.78 Å². The van der Waals surface area contributed by atoms with Crippen LogP contribution in [0.2, 0.25) is 0 Å². The minimum absolute atomic E-state index is 0.0741. The fraction of sp³-hybridized carbons (Fsp3) is 0.538. The number of aromatic amines is 1. The van der Waals surface area contributed by atoms with Crippen LogP contribution in [-0.4, -0.2) is 46.7 Å². The number of carboxylic acid groups (broad SMARTS) is 1. The third-order valence-electron chi connectivity index (χ3n) is 2.99. The molecule has 8 heteroatoms. The zero-order chi connectivity index (χ0) is 16.0. The highest BCUT2D eigenvalue weighted by Gasteiger charge is 2.17. The lowest BCUT2D eigenvalue weighted by molar-refractivity contribution is -0.148. The van der Waals surface area contributed by atoms with Gasteiger partial charge >= 0.3 is 5.97 Å². The summed E-state index contributed by atoms with van der Waals surface area (Å²) in [7, 11) is 1.26. The van der Waals surface area contributed by atoms with Crippen molar-refractivity contribution in [2.75, 3.05) is 13.7 Å². The first-order valence-corrected chi connectivity index (χ1v) is 6.43. The van der Waals surface area contributed by atoms with Crippen LogP contribution in [0.1, 0.15) is 23.5 Å². The Morgan fingerprint density at radius 2 is 2.10 bits per heavy atom. The van der Waals surface area contributed by atoms with Crippen molar-refractivity contribution >= 4 is 11.9 Å². The fourth-order valence-corrected chi connectivity index (χ4v) is 1.85. The number of carbonyl (C=O) groups is 2. The molecule has 1 unspecified atom stereocenters. The minimum Gasteiger partial charge on any atom is -0.479 e. The molecule has 1 amide bonds. The van der Waals surface area contributed by atoms with Gasteiger partial charge in [-0.3, -0.25) is 9.59 Å². The highest BCUT2D eigenvalue weighted by molar-refractivity contribution is 5.78. The van der Waals surface area contributed by atoms with Gasteiger partial charge in [0.25, 0.3) is 5.56 Å². The lowest BCUT2D eigenvalue weighted by atomic mass is 10.1. The summed E-state index contributed by atoms with van der Waals surface area (Å²) in [5.74, 6) is -0.972. The Kier molecular flexibility index (Phi) is 6.04. The predicted molar refractivity (Wildman–Crippen MR) is 74.1 cm³/mol. The number of aryl methyl sites for hydroxylation is 2. The van der Waals surface area contributed by atoms with E-state index < -0.39 is 12.1 Å². The van der Waals surface area contributed by atoms with E-state index in [1.165, 1.54) is 7.11 Å². The summed E-state index contributed by atoms with van der Waals surface area (Å²) in [4.78, 5) is 40.8. The Balaban J connectivity index is 2.54. The highest BCUT2D eigenvalue weighted by Crippen LogP contribution is 2.02. The molecular formula is C13H19N3O5. The van der Waals surface area contributed by atoms with Crippen LogP contribution in [0.3, 0.4) is 0 Å². The van der Waals surface area contributed by atoms with Gasteiger partial charge in [0.2, 0.25) is 5.91 Å². The summed E-state index contributed by atoms with van der Waals surface area (Å²) in [6, 6.07) is 0. The summed E-state index contributed by atoms with van der Waals surface area (Å²) in [6.07, 6.45) is -0.768. The van der Waals surface area contributed by atoms with Crippen LogP contribution in [0, 0.1) is 13.8 Å². The molecule has 1 atom stereocenters. The molecule has 0 aliphatic heterocycles. The second-order valence-corrected chi connectivity index (χ2v) is 4.58. The van der Waals surface area contributed by atoms with Crippen molar-refractivity contribution in [2.24, 2.45) is 0 Å². The maximum atomic E-state index is 11.8. The van der Waals surface area contributed by atoms with E-state index in [0.29, 0.717) is 17.1 Å². The molecule has 0 fully saturated rings. The molecule has 0 aliphatic carbocycles. The number of hydrogen-bond acceptors (Lipinski definition) is 5. The van der Waals surface area contributed by atoms with E-state index in [0.717, 1.165) is 0 Å². The van der Waals surface area contributed by atoms with E-state index in [1.54, 1.807) is 13.8 Å². The van der Waals surface area contributed by atoms with Gasteiger partial charge in [0.15, 0.2) is 6.10 Å². The summed E-state index contributed by atoms with van der Waals surface area (Å²) in [5.41, 5.74) is 0.787. The first kappa shape index (κ1) is 16.8. The van der Waals surface area contributed by atoms with E-state index in [-0.39, 0.29) is 30.9 Å². The number of nitrogens with zero attached hydrogens (tertiary/aromatic N) is 1. The van der Waals surface area contributed by atoms with Crippen molar-refractivity contribution in [3.8, 4) is 0 Å². The molecule has 3 N–H and O–H groups in total. The SMILES string of the molecule is COC(CNC(=O)CCc1c(C)nc(C)[nH]c1=O)C(=O)O. The number of hydrogen-bond donors (Lipinski definition) is 3. The molecule has 0 saturated carbocycles. The number of aromatic nitrogens is 2. The van der Waals surface area contributed by atoms with Crippen molar-refractivity contribution in [1.29, 1.82) is 0 Å². The van der Waals surface area contributed by atoms with E-state index >= 15 is 0 Å². The first-order valence-electron chi connectivity index (χ1n) is 6.43. The van der Waals surface area contributed by atoms with Crippen LogP contribution >= 0.6 is 0 Å². The van der Waals surface area contributed by atoms with Gasteiger partial charge < -0.3 is 20.1 Å². The van der Waals surface area contributed by atoms with Crippen molar-refractivity contribution < 1.29 is 19.4 Å². The number of ether oxygens (including phenoxy) is 1. The van der Waals surface area contributed by atoms with E-state index in [2.05, 4.69) is 15.3 Å². The molecule has 1 heterocycles. The molecule has 0 bridgehead atoms. The predicted octanol–water partition coefficient (Wildman–Crippen LogP) is -0.465. The number of methoxy groups -OCH3 is 1. The molecule has 1 aromatic rings. The zero-order valence-electron chi connectivity index (χ0n) is 12.2. The lowest BCUT2D eigenvalue weighted by Gasteiger charge is -2.11. The molecule has 21 heavy (non-hydrogen) atoms. The van der Waals surface area contributed by atoms with Crippen molar-refractivity contribution in [2.45, 2.75) is 32.8 Å². The third kappa shape index (κ3) is 4.99. The third-order valence-corrected chi connectivity index (χ3v) is 2.99. The Hall–Kier alpha value is -2.22. The van der Waals surface area contributed by atoms with E-state index in [9.17, 15) is 14.4 Å². The van der Waals surface area contributed by atoms with Gasteiger partial charge in [0, 0.05) is 24.8 Å². The Morgan fingerprint density at radius 3 is 2.62 bits per heavy atom. The average Bonchev–Trinajstić information content (AvgIpc) is 2.37. The Labute approximate surface area is 121 Å². The molecule has 1 rings (SSSR count). The van der Waals surface area contributed by atoms with Crippen molar-refractivity contribution in [3.63, 3.8) is 0 Å². The van der Waals surface area contributed by atoms with E-state index in [1.807, 2.05) is 0 Å². The molecule has 1 aromatic heterocycles. The molecule has 0 aliphatic rings. The zero-order valence-corrected chi connectivity index (χ0v) is 12.2. The monoisotopic (exact) mass is 297 g/mol. The number of rotatable bonds is 7. The van der Waals surface area contributed by atoms with Crippen LogP contribution in [0.25, 0.3) is 0 Å². The second-order valence-electron chi connectivity index (χ2n) is 4.58. The van der Waals surface area contributed by atoms with Crippen LogP contribution in [-0.2, 0) is 20.7 Å².